The van der Waals surface area contributed by atoms with E-state index in [9.17, 15) is 9.90 Å². The van der Waals surface area contributed by atoms with Gasteiger partial charge in [0.25, 0.3) is 0 Å². The number of thioether (sulfide) groups is 1. The van der Waals surface area contributed by atoms with Crippen LogP contribution in [0, 0.1) is 0 Å². The van der Waals surface area contributed by atoms with E-state index in [0.717, 1.165) is 17.1 Å². The van der Waals surface area contributed by atoms with E-state index in [0.29, 0.717) is 6.54 Å². The molecule has 0 radical (unpaired) electrons. The molecule has 0 aliphatic carbocycles. The number of carbonyl (C=O) groups excluding carboxylic acids is 1. The van der Waals surface area contributed by atoms with Crippen molar-refractivity contribution in [2.75, 3.05) is 19.4 Å². The lowest BCUT2D eigenvalue weighted by Gasteiger charge is -2.18. The minimum atomic E-state index is -0.990. The van der Waals surface area contributed by atoms with Gasteiger partial charge in [0.1, 0.15) is 11.9 Å². The molecule has 2 atom stereocenters. The molecule has 0 aromatic heterocycles. The molecule has 0 spiro atoms. The molecule has 2 N–H and O–H groups in total. The molecule has 1 aromatic rings. The van der Waals surface area contributed by atoms with Gasteiger partial charge in [-0.15, -0.1) is 11.8 Å². The van der Waals surface area contributed by atoms with Gasteiger partial charge in [0.05, 0.1) is 12.4 Å². The summed E-state index contributed by atoms with van der Waals surface area (Å²) in [5.74, 6) is 1.28. The molecule has 1 aromatic carbocycles. The van der Waals surface area contributed by atoms with Crippen LogP contribution in [0.2, 0.25) is 0 Å². The fourth-order valence-corrected chi connectivity index (χ4v) is 2.89. The Bertz CT molecular complexity index is 393. The molecule has 0 saturated carbocycles. The van der Waals surface area contributed by atoms with Crippen molar-refractivity contribution in [2.45, 2.75) is 11.4 Å². The first-order valence-corrected chi connectivity index (χ1v) is 6.48. The van der Waals surface area contributed by atoms with Crippen molar-refractivity contribution >= 4 is 17.7 Å². The Morgan fingerprint density at radius 2 is 2.12 bits per heavy atom. The van der Waals surface area contributed by atoms with Crippen LogP contribution in [0.25, 0.3) is 0 Å². The molecule has 0 bridgehead atoms. The van der Waals surface area contributed by atoms with Crippen LogP contribution in [0.1, 0.15) is 10.8 Å². The second kappa shape index (κ2) is 5.42. The topological polar surface area (TPSA) is 58.6 Å². The molecule has 1 heterocycles. The monoisotopic (exact) mass is 253 g/mol. The summed E-state index contributed by atoms with van der Waals surface area (Å²) in [5.41, 5.74) is 0.945. The highest BCUT2D eigenvalue weighted by Crippen LogP contribution is 2.34. The third-order valence-electron chi connectivity index (χ3n) is 2.70. The van der Waals surface area contributed by atoms with Gasteiger partial charge in [-0.3, -0.25) is 4.79 Å². The summed E-state index contributed by atoms with van der Waals surface area (Å²) >= 11 is 1.59. The minimum Gasteiger partial charge on any atom is -0.497 e. The number of nitrogens with one attached hydrogen (secondary N) is 1. The third kappa shape index (κ3) is 2.73. The fourth-order valence-electron chi connectivity index (χ4n) is 1.77. The summed E-state index contributed by atoms with van der Waals surface area (Å²) in [6.07, 6.45) is -0.990. The van der Waals surface area contributed by atoms with Crippen LogP contribution in [0.3, 0.4) is 0 Å². The summed E-state index contributed by atoms with van der Waals surface area (Å²) in [4.78, 5) is 11.5. The lowest BCUT2D eigenvalue weighted by atomic mass is 10.1. The first-order chi connectivity index (χ1) is 8.22. The van der Waals surface area contributed by atoms with Gasteiger partial charge in [0.2, 0.25) is 5.91 Å². The zero-order valence-corrected chi connectivity index (χ0v) is 10.4. The summed E-state index contributed by atoms with van der Waals surface area (Å²) < 4.78 is 5.08. The number of hydrogen-bond donors (Lipinski definition) is 2. The Morgan fingerprint density at radius 1 is 1.41 bits per heavy atom. The van der Waals surface area contributed by atoms with Crippen molar-refractivity contribution in [1.29, 1.82) is 0 Å². The number of methoxy groups -OCH3 is 1. The lowest BCUT2D eigenvalue weighted by Crippen LogP contribution is -2.35. The van der Waals surface area contributed by atoms with Crippen molar-refractivity contribution in [3.8, 4) is 5.75 Å². The second-order valence-electron chi connectivity index (χ2n) is 3.80. The van der Waals surface area contributed by atoms with E-state index in [4.69, 9.17) is 4.74 Å². The zero-order valence-electron chi connectivity index (χ0n) is 9.55. The van der Waals surface area contributed by atoms with Crippen LogP contribution in [-0.2, 0) is 4.79 Å². The van der Waals surface area contributed by atoms with E-state index in [2.05, 4.69) is 5.32 Å². The number of rotatable bonds is 2. The molecule has 1 saturated heterocycles. The summed E-state index contributed by atoms with van der Waals surface area (Å²) in [5, 5.41) is 12.4. The Balaban J connectivity index is 2.20. The van der Waals surface area contributed by atoms with Crippen molar-refractivity contribution < 1.29 is 14.6 Å². The van der Waals surface area contributed by atoms with Gasteiger partial charge in [-0.1, -0.05) is 12.1 Å². The number of amides is 1. The van der Waals surface area contributed by atoms with Gasteiger partial charge >= 0.3 is 0 Å². The van der Waals surface area contributed by atoms with Crippen molar-refractivity contribution in [3.05, 3.63) is 29.8 Å². The maximum Gasteiger partial charge on any atom is 0.250 e. The Morgan fingerprint density at radius 3 is 2.76 bits per heavy atom. The summed E-state index contributed by atoms with van der Waals surface area (Å²) in [6, 6.07) is 7.45. The average molecular weight is 253 g/mol. The fraction of sp³-hybridized carbons (Fsp3) is 0.417. The van der Waals surface area contributed by atoms with Gasteiger partial charge in [0, 0.05) is 12.3 Å². The molecule has 1 fully saturated rings. The van der Waals surface area contributed by atoms with Crippen molar-refractivity contribution in [3.63, 3.8) is 0 Å². The maximum absolute atomic E-state index is 11.5. The van der Waals surface area contributed by atoms with Crippen LogP contribution in [0.4, 0.5) is 0 Å². The quantitative estimate of drug-likeness (QED) is 0.824. The number of carbonyl (C=O) groups is 1. The standard InChI is InChI=1S/C12H15NO3S/c1-16-9-4-2-8(3-5-9)11-10(14)12(15)13-6-7-17-11/h2-5,10-11,14H,6-7H2,1H3,(H,13,15)/t10-,11+/m1/s1. The molecule has 1 aliphatic heterocycles. The van der Waals surface area contributed by atoms with E-state index in [1.807, 2.05) is 24.3 Å². The van der Waals surface area contributed by atoms with Crippen LogP contribution >= 0.6 is 11.8 Å². The van der Waals surface area contributed by atoms with Crippen LogP contribution < -0.4 is 10.1 Å². The lowest BCUT2D eigenvalue weighted by molar-refractivity contribution is -0.129. The number of ether oxygens (including phenoxy) is 1. The van der Waals surface area contributed by atoms with E-state index in [1.165, 1.54) is 0 Å². The number of aliphatic hydroxyl groups excluding tert-OH is 1. The SMILES string of the molecule is COc1ccc([C@@H]2SCCNC(=O)[C@@H]2O)cc1. The first-order valence-electron chi connectivity index (χ1n) is 5.43. The number of hydrogen-bond acceptors (Lipinski definition) is 4. The molecule has 0 unspecified atom stereocenters. The average Bonchev–Trinajstić information content (AvgIpc) is 2.53. The van der Waals surface area contributed by atoms with E-state index in [1.54, 1.807) is 18.9 Å². The largest absolute Gasteiger partial charge is 0.497 e. The molecule has 1 aliphatic rings. The van der Waals surface area contributed by atoms with Crippen molar-refractivity contribution in [1.82, 2.24) is 5.32 Å². The van der Waals surface area contributed by atoms with Gasteiger partial charge in [0.15, 0.2) is 0 Å². The van der Waals surface area contributed by atoms with Crippen LogP contribution in [0.5, 0.6) is 5.75 Å². The van der Waals surface area contributed by atoms with Crippen LogP contribution in [-0.4, -0.2) is 36.5 Å². The smallest absolute Gasteiger partial charge is 0.250 e. The predicted octanol–water partition coefficient (Wildman–Crippen LogP) is 0.960. The maximum atomic E-state index is 11.5. The van der Waals surface area contributed by atoms with Crippen molar-refractivity contribution in [2.24, 2.45) is 0 Å². The summed E-state index contributed by atoms with van der Waals surface area (Å²) in [6.45, 7) is 0.604. The van der Waals surface area contributed by atoms with Gasteiger partial charge in [-0.2, -0.15) is 0 Å². The molecule has 2 rings (SSSR count). The van der Waals surface area contributed by atoms with E-state index < -0.39 is 6.10 Å². The molecule has 17 heavy (non-hydrogen) atoms. The second-order valence-corrected chi connectivity index (χ2v) is 5.05. The molecule has 4 nitrogen and oxygen atoms in total. The predicted molar refractivity (Wildman–Crippen MR) is 67.2 cm³/mol. The zero-order chi connectivity index (χ0) is 12.3. The number of aliphatic hydroxyl groups is 1. The minimum absolute atomic E-state index is 0.205. The van der Waals surface area contributed by atoms with Gasteiger partial charge in [-0.05, 0) is 17.7 Å². The molecular weight excluding hydrogens is 238 g/mol. The Kier molecular flexibility index (Phi) is 3.91. The molecular formula is C12H15NO3S. The van der Waals surface area contributed by atoms with Gasteiger partial charge < -0.3 is 15.2 Å². The Labute approximate surface area is 104 Å². The highest BCUT2D eigenvalue weighted by molar-refractivity contribution is 7.99. The normalized spacial score (nSPS) is 24.9. The number of benzene rings is 1. The van der Waals surface area contributed by atoms with E-state index in [-0.39, 0.29) is 11.2 Å². The summed E-state index contributed by atoms with van der Waals surface area (Å²) in [7, 11) is 1.61. The highest BCUT2D eigenvalue weighted by Gasteiger charge is 2.29. The molecule has 1 amide bonds. The Hall–Kier alpha value is -1.20. The van der Waals surface area contributed by atoms with Crippen LogP contribution in [0.15, 0.2) is 24.3 Å². The van der Waals surface area contributed by atoms with E-state index >= 15 is 0 Å². The van der Waals surface area contributed by atoms with Gasteiger partial charge in [-0.25, -0.2) is 0 Å². The molecule has 92 valence electrons. The highest BCUT2D eigenvalue weighted by atomic mass is 32.2. The first kappa shape index (κ1) is 12.3. The third-order valence-corrected chi connectivity index (χ3v) is 4.03. The molecule has 5 heteroatoms.